The second-order valence-corrected chi connectivity index (χ2v) is 21.4. The van der Waals surface area contributed by atoms with E-state index >= 15 is 0 Å². The van der Waals surface area contributed by atoms with E-state index < -0.39 is 48.5 Å². The van der Waals surface area contributed by atoms with Crippen molar-refractivity contribution in [3.05, 3.63) is 112 Å². The number of hydrogen-bond acceptors (Lipinski definition) is 14. The van der Waals surface area contributed by atoms with Gasteiger partial charge in [-0.05, 0) is 93.0 Å². The number of nitrogens with zero attached hydrogens (tertiary/aromatic N) is 7. The Bertz CT molecular complexity index is 3440. The molecule has 6 heterocycles. The number of nitrogens with one attached hydrogen (secondary N) is 4. The maximum atomic E-state index is 13.7. The molecule has 3 saturated heterocycles. The molecule has 7 N–H and O–H groups in total. The van der Waals surface area contributed by atoms with Crippen LogP contribution in [0.25, 0.3) is 32.9 Å². The molecule has 10 rings (SSSR count). The van der Waals surface area contributed by atoms with Crippen molar-refractivity contribution < 1.29 is 38.6 Å². The zero-order chi connectivity index (χ0) is 56.1. The standard InChI is InChI=1S/C59H68N12O9/c1-58(64-25-7-8-38-11-16-48(79-3)47(32-38)70-29-22-52(76)71(57(70)78)37-63-51(75)34-62-50(74)18-17-49(60)73)23-30-68(31-24-58)41-20-27-69(28-21-41)56-65-46-15-12-39(45-35-67(2)55(77)53-43(45)19-26-61-53)33-44(46)54(66-56)59(36-72,80-42-13-14-42)40-9-5-4-6-10-40/h4-6,9-12,15-16,19,26,32-33,35,41-42,61,64,72H,13-14,17-18,20-25,27-31,34,36-37H2,1-3H3,(H2,60,73)(H,62,74)(H,63,75)/t59-/m0/s1. The van der Waals surface area contributed by atoms with E-state index in [-0.39, 0.29) is 49.6 Å². The summed E-state index contributed by atoms with van der Waals surface area (Å²) in [5.74, 6) is 5.24. The summed E-state index contributed by atoms with van der Waals surface area (Å²) in [5, 5.41) is 21.7. The van der Waals surface area contributed by atoms with Crippen LogP contribution in [0, 0.1) is 11.8 Å². The highest BCUT2D eigenvalue weighted by Crippen LogP contribution is 2.44. The third-order valence-corrected chi connectivity index (χ3v) is 15.9. The van der Waals surface area contributed by atoms with Crippen LogP contribution in [0.3, 0.4) is 0 Å². The number of rotatable bonds is 19. The monoisotopic (exact) mass is 1090 g/mol. The first kappa shape index (κ1) is 55.2. The zero-order valence-electron chi connectivity index (χ0n) is 45.4. The van der Waals surface area contributed by atoms with E-state index in [1.807, 2.05) is 60.8 Å². The first-order chi connectivity index (χ1) is 38.6. The van der Waals surface area contributed by atoms with Crippen LogP contribution in [-0.4, -0.2) is 148 Å². The van der Waals surface area contributed by atoms with Crippen molar-refractivity contribution in [3.63, 3.8) is 0 Å². The molecule has 6 aromatic rings. The number of aromatic nitrogens is 4. The van der Waals surface area contributed by atoms with Gasteiger partial charge in [0.05, 0.1) is 49.8 Å². The lowest BCUT2D eigenvalue weighted by atomic mass is 9.87. The second-order valence-electron chi connectivity index (χ2n) is 21.4. The summed E-state index contributed by atoms with van der Waals surface area (Å²) in [6.07, 6.45) is 8.88. The Morgan fingerprint density at radius 2 is 1.68 bits per heavy atom. The number of carbonyl (C=O) groups excluding carboxylic acids is 5. The topological polar surface area (TPSA) is 263 Å². The Labute approximate surface area is 463 Å². The third kappa shape index (κ3) is 11.9. The number of imide groups is 1. The Balaban J connectivity index is 0.772. The Morgan fingerprint density at radius 3 is 2.40 bits per heavy atom. The van der Waals surface area contributed by atoms with E-state index in [0.717, 1.165) is 103 Å². The van der Waals surface area contributed by atoms with Crippen LogP contribution in [0.2, 0.25) is 0 Å². The fourth-order valence-electron chi connectivity index (χ4n) is 11.1. The van der Waals surface area contributed by atoms with E-state index in [0.29, 0.717) is 46.7 Å². The van der Waals surface area contributed by atoms with Crippen LogP contribution < -0.4 is 41.8 Å². The summed E-state index contributed by atoms with van der Waals surface area (Å²) in [4.78, 5) is 95.8. The Kier molecular flexibility index (Phi) is 16.3. The first-order valence-electron chi connectivity index (χ1n) is 27.3. The maximum absolute atomic E-state index is 13.7. The number of H-pyrrole nitrogens is 1. The van der Waals surface area contributed by atoms with Crippen LogP contribution in [0.15, 0.2) is 90.0 Å². The number of benzene rings is 3. The molecule has 3 aromatic heterocycles. The van der Waals surface area contributed by atoms with Gasteiger partial charge < -0.3 is 55.6 Å². The lowest BCUT2D eigenvalue weighted by Crippen LogP contribution is -2.56. The van der Waals surface area contributed by atoms with E-state index in [1.54, 1.807) is 29.9 Å². The van der Waals surface area contributed by atoms with Crippen molar-refractivity contribution in [2.24, 2.45) is 12.8 Å². The highest BCUT2D eigenvalue weighted by atomic mass is 16.5. The Morgan fingerprint density at radius 1 is 0.900 bits per heavy atom. The lowest BCUT2D eigenvalue weighted by Gasteiger charge is -2.45. The van der Waals surface area contributed by atoms with Crippen molar-refractivity contribution in [1.29, 1.82) is 0 Å². The fraction of sp³-hybridized carbons (Fsp3) is 0.424. The van der Waals surface area contributed by atoms with Gasteiger partial charge in [-0.1, -0.05) is 48.2 Å². The number of hydrogen-bond donors (Lipinski definition) is 6. The molecule has 4 fully saturated rings. The molecule has 4 aliphatic rings. The molecule has 1 saturated carbocycles. The van der Waals surface area contributed by atoms with Crippen LogP contribution in [0.4, 0.5) is 16.4 Å². The van der Waals surface area contributed by atoms with Gasteiger partial charge in [-0.25, -0.2) is 19.7 Å². The Hall–Kier alpha value is -8.16. The number of aromatic amines is 1. The quantitative estimate of drug-likeness (QED) is 0.0628. The maximum Gasteiger partial charge on any atom is 0.332 e. The summed E-state index contributed by atoms with van der Waals surface area (Å²) < 4.78 is 14.1. The average molecular weight is 1090 g/mol. The number of aliphatic hydroxyl groups excluding tert-OH is 1. The van der Waals surface area contributed by atoms with Gasteiger partial charge >= 0.3 is 6.03 Å². The van der Waals surface area contributed by atoms with Gasteiger partial charge in [0, 0.05) is 105 Å². The number of pyridine rings is 1. The molecule has 21 heteroatoms. The minimum absolute atomic E-state index is 0.00567. The molecule has 3 aromatic carbocycles. The van der Waals surface area contributed by atoms with E-state index in [4.69, 9.17) is 25.2 Å². The number of anilines is 2. The number of aliphatic hydroxyl groups is 1. The molecule has 0 radical (unpaired) electrons. The predicted octanol–water partition coefficient (Wildman–Crippen LogP) is 3.98. The van der Waals surface area contributed by atoms with Gasteiger partial charge in [-0.2, -0.15) is 0 Å². The molecule has 418 valence electrons. The molecular weight excluding hydrogens is 1020 g/mol. The summed E-state index contributed by atoms with van der Waals surface area (Å²) in [5.41, 5.74) is 9.15. The molecule has 6 amide bonds. The van der Waals surface area contributed by atoms with E-state index in [1.165, 1.54) is 12.0 Å². The smallest absolute Gasteiger partial charge is 0.332 e. The summed E-state index contributed by atoms with van der Waals surface area (Å²) in [7, 11) is 3.24. The van der Waals surface area contributed by atoms with Crippen LogP contribution in [0.5, 0.6) is 5.75 Å². The normalized spacial score (nSPS) is 17.7. The number of amides is 6. The van der Waals surface area contributed by atoms with Gasteiger partial charge in [-0.3, -0.25) is 28.9 Å². The minimum Gasteiger partial charge on any atom is -0.495 e. The molecule has 1 aliphatic carbocycles. The number of piperidine rings is 2. The highest BCUT2D eigenvalue weighted by Gasteiger charge is 2.44. The lowest BCUT2D eigenvalue weighted by molar-refractivity contribution is -0.130. The number of primary amides is 1. The number of likely N-dealkylation sites (tertiary alicyclic amines) is 1. The average Bonchev–Trinajstić information content (AvgIpc) is 4.18. The fourth-order valence-corrected chi connectivity index (χ4v) is 11.1. The summed E-state index contributed by atoms with van der Waals surface area (Å²) in [6.45, 7) is 5.05. The van der Waals surface area contributed by atoms with Crippen molar-refractivity contribution in [3.8, 4) is 28.7 Å². The summed E-state index contributed by atoms with van der Waals surface area (Å²) >= 11 is 0. The third-order valence-electron chi connectivity index (χ3n) is 15.9. The van der Waals surface area contributed by atoms with E-state index in [2.05, 4.69) is 55.6 Å². The number of urea groups is 1. The van der Waals surface area contributed by atoms with Crippen LogP contribution >= 0.6 is 0 Å². The van der Waals surface area contributed by atoms with Crippen molar-refractivity contribution in [1.82, 2.24) is 45.3 Å². The highest BCUT2D eigenvalue weighted by molar-refractivity contribution is 6.06. The molecule has 0 spiro atoms. The second kappa shape index (κ2) is 23.7. The molecule has 0 unspecified atom stereocenters. The SMILES string of the molecule is COc1ccc(C#CCNC2(C)CCN(C3CCN(c4nc([C@@](CO)(OC5CC5)c5ccccc5)c5cc(-c6cn(C)c(=O)c7[nH]ccc67)ccc5n4)CC3)CC2)cc1N1CCC(=O)N(CNC(=O)CNC(=O)CCC(N)=O)C1=O. The van der Waals surface area contributed by atoms with Gasteiger partial charge in [-0.15, -0.1) is 0 Å². The molecule has 3 aliphatic heterocycles. The number of aryl methyl sites for hydroxylation is 1. The predicted molar refractivity (Wildman–Crippen MR) is 301 cm³/mol. The van der Waals surface area contributed by atoms with Gasteiger partial charge in [0.15, 0.2) is 5.60 Å². The molecule has 0 bridgehead atoms. The molecule has 1 atom stereocenters. The largest absolute Gasteiger partial charge is 0.495 e. The zero-order valence-corrected chi connectivity index (χ0v) is 45.4. The van der Waals surface area contributed by atoms with Crippen molar-refractivity contribution >= 4 is 63.1 Å². The van der Waals surface area contributed by atoms with Gasteiger partial charge in [0.2, 0.25) is 29.6 Å². The number of ether oxygens (including phenoxy) is 2. The minimum atomic E-state index is -1.25. The molecule has 80 heavy (non-hydrogen) atoms. The van der Waals surface area contributed by atoms with E-state index in [9.17, 15) is 33.9 Å². The summed E-state index contributed by atoms with van der Waals surface area (Å²) in [6, 6.07) is 22.9. The molecule has 21 nitrogen and oxygen atoms in total. The van der Waals surface area contributed by atoms with Crippen molar-refractivity contribution in [2.45, 2.75) is 88.0 Å². The number of methoxy groups -OCH3 is 1. The van der Waals surface area contributed by atoms with Gasteiger partial charge in [0.1, 0.15) is 17.9 Å². The first-order valence-corrected chi connectivity index (χ1v) is 27.3. The molecular formula is C59H68N12O9. The van der Waals surface area contributed by atoms with Crippen LogP contribution in [-0.2, 0) is 36.6 Å². The number of nitrogens with two attached hydrogens (primary N) is 1. The number of fused-ring (bicyclic) bond motifs is 2. The van der Waals surface area contributed by atoms with Crippen molar-refractivity contribution in [2.75, 3.05) is 76.0 Å². The number of carbonyl (C=O) groups is 5. The van der Waals surface area contributed by atoms with Gasteiger partial charge in [0.25, 0.3) is 5.56 Å². The van der Waals surface area contributed by atoms with Crippen LogP contribution in [0.1, 0.15) is 81.5 Å².